The van der Waals surface area contributed by atoms with Crippen LogP contribution in [-0.2, 0) is 11.3 Å². The smallest absolute Gasteiger partial charge is 0.316 e. The maximum absolute atomic E-state index is 12.2. The lowest BCUT2D eigenvalue weighted by molar-refractivity contribution is -0.132. The minimum Gasteiger partial charge on any atom is -0.407 e. The molecule has 0 aromatic carbocycles. The Morgan fingerprint density at radius 3 is 2.79 bits per heavy atom. The Labute approximate surface area is 112 Å². The normalized spacial score (nSPS) is 17.3. The van der Waals surface area contributed by atoms with E-state index in [0.717, 1.165) is 25.9 Å². The Balaban J connectivity index is 1.88. The van der Waals surface area contributed by atoms with Crippen molar-refractivity contribution < 1.29 is 9.21 Å². The molecule has 0 bridgehead atoms. The van der Waals surface area contributed by atoms with Crippen LogP contribution in [0, 0.1) is 0 Å². The fourth-order valence-corrected chi connectivity index (χ4v) is 2.17. The fraction of sp³-hybridized carbons (Fsp3) is 0.750. The zero-order valence-corrected chi connectivity index (χ0v) is 11.5. The number of amides is 1. The summed E-state index contributed by atoms with van der Waals surface area (Å²) in [6, 6.07) is -0.0518. The summed E-state index contributed by atoms with van der Waals surface area (Å²) in [6.07, 6.45) is 3.39. The molecule has 0 saturated carbocycles. The summed E-state index contributed by atoms with van der Waals surface area (Å²) in [5.74, 6) is 0.593. The van der Waals surface area contributed by atoms with Gasteiger partial charge in [-0.05, 0) is 33.2 Å². The van der Waals surface area contributed by atoms with Gasteiger partial charge in [0.1, 0.15) is 6.04 Å². The number of carbonyl (C=O) groups is 1. The maximum atomic E-state index is 12.2. The molecule has 1 aliphatic rings. The van der Waals surface area contributed by atoms with Gasteiger partial charge in [-0.3, -0.25) is 4.79 Å². The van der Waals surface area contributed by atoms with E-state index in [1.807, 2.05) is 11.8 Å². The predicted molar refractivity (Wildman–Crippen MR) is 70.6 cm³/mol. The second-order valence-corrected chi connectivity index (χ2v) is 4.78. The van der Waals surface area contributed by atoms with E-state index < -0.39 is 0 Å². The van der Waals surface area contributed by atoms with Crippen LogP contribution in [0.3, 0.4) is 0 Å². The van der Waals surface area contributed by atoms with E-state index in [4.69, 9.17) is 4.42 Å². The van der Waals surface area contributed by atoms with Crippen LogP contribution in [0.5, 0.6) is 0 Å². The molecule has 1 unspecified atom stereocenters. The van der Waals surface area contributed by atoms with Crippen molar-refractivity contribution in [3.63, 3.8) is 0 Å². The molecule has 1 aromatic heterocycles. The van der Waals surface area contributed by atoms with Gasteiger partial charge in [0.05, 0.1) is 6.54 Å². The van der Waals surface area contributed by atoms with E-state index in [2.05, 4.69) is 20.8 Å². The Bertz CT molecular complexity index is 414. The molecule has 7 nitrogen and oxygen atoms in total. The van der Waals surface area contributed by atoms with E-state index in [-0.39, 0.29) is 11.9 Å². The van der Waals surface area contributed by atoms with Crippen molar-refractivity contribution in [3.8, 4) is 0 Å². The van der Waals surface area contributed by atoms with Crippen molar-refractivity contribution in [3.05, 3.63) is 5.89 Å². The van der Waals surface area contributed by atoms with Crippen molar-refractivity contribution in [1.29, 1.82) is 0 Å². The molecule has 106 valence electrons. The highest BCUT2D eigenvalue weighted by Crippen LogP contribution is 2.12. The van der Waals surface area contributed by atoms with E-state index in [1.165, 1.54) is 6.42 Å². The number of piperidine rings is 1. The Morgan fingerprint density at radius 1 is 1.37 bits per heavy atom. The molecule has 7 heteroatoms. The first-order valence-corrected chi connectivity index (χ1v) is 6.73. The van der Waals surface area contributed by atoms with Gasteiger partial charge in [0.15, 0.2) is 0 Å². The molecule has 0 radical (unpaired) electrons. The molecule has 0 aliphatic carbocycles. The lowest BCUT2D eigenvalue weighted by Gasteiger charge is -2.29. The highest BCUT2D eigenvalue weighted by molar-refractivity contribution is 5.83. The first-order chi connectivity index (χ1) is 9.20. The van der Waals surface area contributed by atoms with Crippen molar-refractivity contribution in [2.24, 2.45) is 0 Å². The topological polar surface area (TPSA) is 83.3 Å². The number of hydrogen-bond acceptors (Lipinski definition) is 6. The van der Waals surface area contributed by atoms with Gasteiger partial charge in [-0.25, -0.2) is 0 Å². The van der Waals surface area contributed by atoms with Gasteiger partial charge in [-0.15, -0.1) is 5.10 Å². The fourth-order valence-electron chi connectivity index (χ4n) is 2.17. The Hall–Kier alpha value is -1.63. The number of anilines is 1. The highest BCUT2D eigenvalue weighted by atomic mass is 16.4. The van der Waals surface area contributed by atoms with Crippen molar-refractivity contribution >= 4 is 11.9 Å². The monoisotopic (exact) mass is 267 g/mol. The molecule has 0 spiro atoms. The minimum atomic E-state index is -0.346. The molecule has 1 aliphatic heterocycles. The average Bonchev–Trinajstić information content (AvgIpc) is 2.86. The summed E-state index contributed by atoms with van der Waals surface area (Å²) in [4.78, 5) is 14.1. The molecule has 1 amide bonds. The minimum absolute atomic E-state index is 0.0908. The third kappa shape index (κ3) is 3.66. The molecule has 19 heavy (non-hydrogen) atoms. The van der Waals surface area contributed by atoms with Crippen LogP contribution in [-0.4, -0.2) is 47.2 Å². The van der Waals surface area contributed by atoms with Crippen LogP contribution < -0.4 is 10.6 Å². The molecule has 2 N–H and O–H groups in total. The van der Waals surface area contributed by atoms with E-state index in [0.29, 0.717) is 18.5 Å². The van der Waals surface area contributed by atoms with Crippen LogP contribution in [0.2, 0.25) is 0 Å². The SMILES string of the molecule is CNCc1nnc(NC(C)C(=O)N2CCCCC2)o1. The largest absolute Gasteiger partial charge is 0.407 e. The molecular weight excluding hydrogens is 246 g/mol. The van der Waals surface area contributed by atoms with E-state index in [1.54, 1.807) is 7.05 Å². The molecule has 1 saturated heterocycles. The lowest BCUT2D eigenvalue weighted by Crippen LogP contribution is -2.43. The van der Waals surface area contributed by atoms with Crippen LogP contribution >= 0.6 is 0 Å². The zero-order valence-electron chi connectivity index (χ0n) is 11.5. The molecule has 1 atom stereocenters. The molecule has 1 aromatic rings. The summed E-state index contributed by atoms with van der Waals surface area (Å²) in [5, 5.41) is 13.6. The van der Waals surface area contributed by atoms with Gasteiger partial charge in [-0.2, -0.15) is 0 Å². The second kappa shape index (κ2) is 6.51. The average molecular weight is 267 g/mol. The number of hydrogen-bond donors (Lipinski definition) is 2. The zero-order chi connectivity index (χ0) is 13.7. The third-order valence-electron chi connectivity index (χ3n) is 3.17. The predicted octanol–water partition coefficient (Wildman–Crippen LogP) is 0.602. The summed E-state index contributed by atoms with van der Waals surface area (Å²) in [5.41, 5.74) is 0. The second-order valence-electron chi connectivity index (χ2n) is 4.78. The van der Waals surface area contributed by atoms with E-state index >= 15 is 0 Å². The Morgan fingerprint density at radius 2 is 2.11 bits per heavy atom. The van der Waals surface area contributed by atoms with Crippen LogP contribution in [0.4, 0.5) is 6.01 Å². The number of rotatable bonds is 5. The van der Waals surface area contributed by atoms with Gasteiger partial charge in [0.25, 0.3) is 0 Å². The maximum Gasteiger partial charge on any atom is 0.316 e. The Kier molecular flexibility index (Phi) is 4.73. The number of aromatic nitrogens is 2. The number of carbonyl (C=O) groups excluding carboxylic acids is 1. The van der Waals surface area contributed by atoms with Gasteiger partial charge >= 0.3 is 6.01 Å². The molecule has 1 fully saturated rings. The van der Waals surface area contributed by atoms with Crippen LogP contribution in [0.15, 0.2) is 4.42 Å². The summed E-state index contributed by atoms with van der Waals surface area (Å²) in [6.45, 7) is 4.03. The lowest BCUT2D eigenvalue weighted by atomic mass is 10.1. The molecule has 2 rings (SSSR count). The number of nitrogens with one attached hydrogen (secondary N) is 2. The third-order valence-corrected chi connectivity index (χ3v) is 3.17. The van der Waals surface area contributed by atoms with Gasteiger partial charge in [0.2, 0.25) is 11.8 Å². The summed E-state index contributed by atoms with van der Waals surface area (Å²) in [7, 11) is 1.81. The van der Waals surface area contributed by atoms with Crippen LogP contribution in [0.25, 0.3) is 0 Å². The van der Waals surface area contributed by atoms with Crippen molar-refractivity contribution in [2.45, 2.75) is 38.8 Å². The van der Waals surface area contributed by atoms with Crippen LogP contribution in [0.1, 0.15) is 32.1 Å². The van der Waals surface area contributed by atoms with Crippen molar-refractivity contribution in [1.82, 2.24) is 20.4 Å². The summed E-state index contributed by atoms with van der Waals surface area (Å²) >= 11 is 0. The summed E-state index contributed by atoms with van der Waals surface area (Å²) < 4.78 is 5.37. The number of nitrogens with zero attached hydrogens (tertiary/aromatic N) is 3. The van der Waals surface area contributed by atoms with Gasteiger partial charge in [0, 0.05) is 13.1 Å². The molecular formula is C12H21N5O2. The van der Waals surface area contributed by atoms with E-state index in [9.17, 15) is 4.79 Å². The van der Waals surface area contributed by atoms with Crippen molar-refractivity contribution in [2.75, 3.05) is 25.5 Å². The van der Waals surface area contributed by atoms with Gasteiger partial charge < -0.3 is 20.0 Å². The first-order valence-electron chi connectivity index (χ1n) is 6.73. The quantitative estimate of drug-likeness (QED) is 0.813. The highest BCUT2D eigenvalue weighted by Gasteiger charge is 2.23. The standard InChI is InChI=1S/C12H21N5O2/c1-9(11(18)17-6-4-3-5-7-17)14-12-16-15-10(19-12)8-13-2/h9,13H,3-8H2,1-2H3,(H,14,16). The number of likely N-dealkylation sites (tertiary alicyclic amines) is 1. The van der Waals surface area contributed by atoms with Gasteiger partial charge in [-0.1, -0.05) is 5.10 Å². The molecule has 2 heterocycles. The first kappa shape index (κ1) is 13.8.